The van der Waals surface area contributed by atoms with Crippen molar-refractivity contribution in [3.05, 3.63) is 34.3 Å². The van der Waals surface area contributed by atoms with Crippen molar-refractivity contribution < 1.29 is 4.79 Å². The normalized spacial score (nSPS) is 17.6. The van der Waals surface area contributed by atoms with Gasteiger partial charge in [0.2, 0.25) is 0 Å². The quantitative estimate of drug-likeness (QED) is 0.852. The molecule has 0 unspecified atom stereocenters. The Morgan fingerprint density at radius 3 is 2.45 bits per heavy atom. The molecular formula is C15H18BrN3O. The molecule has 0 bridgehead atoms. The maximum atomic E-state index is 12.4. The minimum atomic E-state index is 0.0880. The largest absolute Gasteiger partial charge is 0.336 e. The minimum Gasteiger partial charge on any atom is -0.336 e. The van der Waals surface area contributed by atoms with Crippen LogP contribution >= 0.6 is 15.9 Å². The van der Waals surface area contributed by atoms with Crippen molar-refractivity contribution in [1.29, 1.82) is 5.26 Å². The number of nitriles is 1. The summed E-state index contributed by atoms with van der Waals surface area (Å²) in [5.74, 6) is 0.0880. The fraction of sp³-hybridized carbons (Fsp3) is 0.467. The second-order valence-electron chi connectivity index (χ2n) is 5.05. The van der Waals surface area contributed by atoms with Crippen LogP contribution in [0, 0.1) is 11.3 Å². The lowest BCUT2D eigenvalue weighted by Crippen LogP contribution is -2.51. The summed E-state index contributed by atoms with van der Waals surface area (Å²) in [7, 11) is 0. The predicted molar refractivity (Wildman–Crippen MR) is 81.3 cm³/mol. The predicted octanol–water partition coefficient (Wildman–Crippen LogP) is 2.51. The second-order valence-corrected chi connectivity index (χ2v) is 5.96. The highest BCUT2D eigenvalue weighted by Gasteiger charge is 2.24. The Morgan fingerprint density at radius 2 is 1.90 bits per heavy atom. The second kappa shape index (κ2) is 6.87. The first kappa shape index (κ1) is 15.0. The van der Waals surface area contributed by atoms with Gasteiger partial charge in [-0.05, 0) is 31.2 Å². The number of benzene rings is 1. The lowest BCUT2D eigenvalue weighted by molar-refractivity contribution is 0.0586. The van der Waals surface area contributed by atoms with E-state index in [0.717, 1.165) is 36.2 Å². The van der Waals surface area contributed by atoms with Gasteiger partial charge in [-0.25, -0.2) is 0 Å². The molecule has 1 aromatic carbocycles. The average Bonchev–Trinajstić information content (AvgIpc) is 2.48. The molecule has 1 amide bonds. The van der Waals surface area contributed by atoms with Crippen LogP contribution in [-0.2, 0) is 0 Å². The van der Waals surface area contributed by atoms with Crippen LogP contribution in [0.3, 0.4) is 0 Å². The molecule has 1 atom stereocenters. The Bertz CT molecular complexity index is 501. The van der Waals surface area contributed by atoms with E-state index in [1.165, 1.54) is 0 Å². The molecule has 1 fully saturated rings. The number of nitrogens with zero attached hydrogens (tertiary/aromatic N) is 3. The van der Waals surface area contributed by atoms with Gasteiger partial charge >= 0.3 is 0 Å². The van der Waals surface area contributed by atoms with Crippen LogP contribution in [0.2, 0.25) is 0 Å². The first-order valence-electron chi connectivity index (χ1n) is 6.77. The fourth-order valence-corrected chi connectivity index (χ4v) is 2.67. The number of carbonyl (C=O) groups is 1. The molecule has 0 aliphatic carbocycles. The molecule has 1 aromatic rings. The van der Waals surface area contributed by atoms with E-state index in [2.05, 4.69) is 33.8 Å². The van der Waals surface area contributed by atoms with Crippen LogP contribution in [0.25, 0.3) is 0 Å². The summed E-state index contributed by atoms with van der Waals surface area (Å²) in [4.78, 5) is 16.5. The summed E-state index contributed by atoms with van der Waals surface area (Å²) in [6.45, 7) is 5.20. The SMILES string of the molecule is C[C@H](CC#N)N1CCN(C(=O)c2ccc(Br)cc2)CC1. The third-order valence-electron chi connectivity index (χ3n) is 3.70. The Hall–Kier alpha value is -1.38. The number of carbonyl (C=O) groups excluding carboxylic acids is 1. The maximum absolute atomic E-state index is 12.4. The summed E-state index contributed by atoms with van der Waals surface area (Å²) in [5, 5.41) is 8.73. The molecule has 0 radical (unpaired) electrons. The Kier molecular flexibility index (Phi) is 5.16. The number of halogens is 1. The zero-order valence-electron chi connectivity index (χ0n) is 11.6. The van der Waals surface area contributed by atoms with E-state index in [-0.39, 0.29) is 11.9 Å². The molecule has 1 saturated heterocycles. The lowest BCUT2D eigenvalue weighted by atomic mass is 10.1. The molecule has 0 N–H and O–H groups in total. The van der Waals surface area contributed by atoms with Crippen molar-refractivity contribution in [1.82, 2.24) is 9.80 Å². The molecule has 20 heavy (non-hydrogen) atoms. The van der Waals surface area contributed by atoms with E-state index in [0.29, 0.717) is 6.42 Å². The van der Waals surface area contributed by atoms with Crippen molar-refractivity contribution in [3.8, 4) is 6.07 Å². The highest BCUT2D eigenvalue weighted by molar-refractivity contribution is 9.10. The molecule has 106 valence electrons. The number of hydrogen-bond donors (Lipinski definition) is 0. The minimum absolute atomic E-state index is 0.0880. The highest BCUT2D eigenvalue weighted by atomic mass is 79.9. The summed E-state index contributed by atoms with van der Waals surface area (Å²) in [6, 6.07) is 9.94. The maximum Gasteiger partial charge on any atom is 0.253 e. The summed E-state index contributed by atoms with van der Waals surface area (Å²) >= 11 is 3.37. The van der Waals surface area contributed by atoms with Crippen molar-refractivity contribution in [2.75, 3.05) is 26.2 Å². The monoisotopic (exact) mass is 335 g/mol. The van der Waals surface area contributed by atoms with Crippen molar-refractivity contribution in [2.45, 2.75) is 19.4 Å². The Morgan fingerprint density at radius 1 is 1.30 bits per heavy atom. The number of piperazine rings is 1. The van der Waals surface area contributed by atoms with Gasteiger partial charge < -0.3 is 4.90 Å². The van der Waals surface area contributed by atoms with Gasteiger partial charge in [0.25, 0.3) is 5.91 Å². The molecule has 1 aliphatic rings. The van der Waals surface area contributed by atoms with Gasteiger partial charge in [-0.1, -0.05) is 15.9 Å². The van der Waals surface area contributed by atoms with Crippen molar-refractivity contribution >= 4 is 21.8 Å². The zero-order valence-corrected chi connectivity index (χ0v) is 13.1. The average molecular weight is 336 g/mol. The van der Waals surface area contributed by atoms with E-state index < -0.39 is 0 Å². The summed E-state index contributed by atoms with van der Waals surface area (Å²) in [5.41, 5.74) is 0.728. The molecule has 0 spiro atoms. The smallest absolute Gasteiger partial charge is 0.253 e. The van der Waals surface area contributed by atoms with Crippen LogP contribution in [0.5, 0.6) is 0 Å². The molecule has 1 heterocycles. The van der Waals surface area contributed by atoms with Gasteiger partial charge in [-0.15, -0.1) is 0 Å². The summed E-state index contributed by atoms with van der Waals surface area (Å²) in [6.07, 6.45) is 0.542. The van der Waals surface area contributed by atoms with Gasteiger partial charge in [0.1, 0.15) is 0 Å². The van der Waals surface area contributed by atoms with E-state index in [9.17, 15) is 4.79 Å². The topological polar surface area (TPSA) is 47.3 Å². The highest BCUT2D eigenvalue weighted by Crippen LogP contribution is 2.15. The number of rotatable bonds is 3. The van der Waals surface area contributed by atoms with Crippen LogP contribution in [0.1, 0.15) is 23.7 Å². The van der Waals surface area contributed by atoms with Crippen molar-refractivity contribution in [3.63, 3.8) is 0 Å². The fourth-order valence-electron chi connectivity index (χ4n) is 2.40. The van der Waals surface area contributed by atoms with E-state index in [4.69, 9.17) is 5.26 Å². The van der Waals surface area contributed by atoms with E-state index in [1.807, 2.05) is 29.2 Å². The van der Waals surface area contributed by atoms with E-state index >= 15 is 0 Å². The molecule has 0 saturated carbocycles. The van der Waals surface area contributed by atoms with E-state index in [1.54, 1.807) is 0 Å². The van der Waals surface area contributed by atoms with Gasteiger partial charge in [0.15, 0.2) is 0 Å². The van der Waals surface area contributed by atoms with Crippen LogP contribution < -0.4 is 0 Å². The van der Waals surface area contributed by atoms with Crippen LogP contribution in [-0.4, -0.2) is 47.9 Å². The van der Waals surface area contributed by atoms with Crippen LogP contribution in [0.15, 0.2) is 28.7 Å². The number of amides is 1. The number of hydrogen-bond acceptors (Lipinski definition) is 3. The molecule has 1 aliphatic heterocycles. The lowest BCUT2D eigenvalue weighted by Gasteiger charge is -2.37. The van der Waals surface area contributed by atoms with Gasteiger partial charge in [-0.2, -0.15) is 5.26 Å². The summed E-state index contributed by atoms with van der Waals surface area (Å²) < 4.78 is 0.976. The molecule has 4 nitrogen and oxygen atoms in total. The van der Waals surface area contributed by atoms with Gasteiger partial charge in [-0.3, -0.25) is 9.69 Å². The van der Waals surface area contributed by atoms with Crippen LogP contribution in [0.4, 0.5) is 0 Å². The molecule has 0 aromatic heterocycles. The standard InChI is InChI=1S/C15H18BrN3O/c1-12(6-7-17)18-8-10-19(11-9-18)15(20)13-2-4-14(16)5-3-13/h2-5,12H,6,8-11H2,1H3/t12-/m1/s1. The van der Waals surface area contributed by atoms with Gasteiger partial charge in [0.05, 0.1) is 12.5 Å². The van der Waals surface area contributed by atoms with Crippen molar-refractivity contribution in [2.24, 2.45) is 0 Å². The molecule has 2 rings (SSSR count). The third-order valence-corrected chi connectivity index (χ3v) is 4.23. The van der Waals surface area contributed by atoms with Gasteiger partial charge in [0, 0.05) is 42.3 Å². The Labute approximate surface area is 128 Å². The first-order valence-corrected chi connectivity index (χ1v) is 7.57. The molecular weight excluding hydrogens is 318 g/mol. The zero-order chi connectivity index (χ0) is 14.5. The first-order chi connectivity index (χ1) is 9.61. The third kappa shape index (κ3) is 3.59. The molecule has 5 heteroatoms. The Balaban J connectivity index is 1.92.